The number of likely N-dealkylation sites (N-methyl/N-ethyl adjacent to an activating group) is 1. The third kappa shape index (κ3) is 3.22. The smallest absolute Gasteiger partial charge is 0.317 e. The molecule has 0 atom stereocenters. The second-order valence-corrected chi connectivity index (χ2v) is 6.79. The van der Waals surface area contributed by atoms with E-state index < -0.39 is 5.97 Å². The maximum Gasteiger partial charge on any atom is 0.317 e. The van der Waals surface area contributed by atoms with E-state index >= 15 is 0 Å². The molecule has 24 heavy (non-hydrogen) atoms. The standard InChI is InChI=1S/C19H25N3O2/c1-13-5-4-6-16-18(13)20-11-14(2)19(16)22-9-7-15(8-10-22)21(3)12-17(23)24/h4-6,11,15H,7-10,12H2,1-3H3,(H,23,24). The summed E-state index contributed by atoms with van der Waals surface area (Å²) < 4.78 is 0. The molecule has 5 heteroatoms. The summed E-state index contributed by atoms with van der Waals surface area (Å²) in [6.07, 6.45) is 3.94. The van der Waals surface area contributed by atoms with Gasteiger partial charge in [0.1, 0.15) is 0 Å². The Hall–Kier alpha value is -2.14. The average Bonchev–Trinajstić information content (AvgIpc) is 2.54. The van der Waals surface area contributed by atoms with Gasteiger partial charge >= 0.3 is 5.97 Å². The molecule has 1 aliphatic heterocycles. The highest BCUT2D eigenvalue weighted by Crippen LogP contribution is 2.32. The first-order chi connectivity index (χ1) is 11.5. The van der Waals surface area contributed by atoms with E-state index in [9.17, 15) is 4.79 Å². The number of nitrogens with zero attached hydrogens (tertiary/aromatic N) is 3. The van der Waals surface area contributed by atoms with E-state index in [0.717, 1.165) is 31.4 Å². The summed E-state index contributed by atoms with van der Waals surface area (Å²) in [5.41, 5.74) is 4.75. The summed E-state index contributed by atoms with van der Waals surface area (Å²) in [7, 11) is 1.91. The molecule has 0 spiro atoms. The molecule has 0 bridgehead atoms. The van der Waals surface area contributed by atoms with E-state index in [1.54, 1.807) is 0 Å². The van der Waals surface area contributed by atoms with Crippen molar-refractivity contribution < 1.29 is 9.90 Å². The van der Waals surface area contributed by atoms with Crippen LogP contribution in [0.4, 0.5) is 5.69 Å². The van der Waals surface area contributed by atoms with Crippen LogP contribution < -0.4 is 4.90 Å². The number of hydrogen-bond acceptors (Lipinski definition) is 4. The number of carbonyl (C=O) groups is 1. The number of hydrogen-bond donors (Lipinski definition) is 1. The Labute approximate surface area is 142 Å². The number of aryl methyl sites for hydroxylation is 2. The monoisotopic (exact) mass is 327 g/mol. The van der Waals surface area contributed by atoms with Gasteiger partial charge in [-0.1, -0.05) is 18.2 Å². The van der Waals surface area contributed by atoms with E-state index in [1.165, 1.54) is 22.2 Å². The maximum absolute atomic E-state index is 10.9. The van der Waals surface area contributed by atoms with Crippen molar-refractivity contribution in [1.82, 2.24) is 9.88 Å². The SMILES string of the molecule is Cc1cnc2c(C)cccc2c1N1CCC(N(C)CC(=O)O)CC1. The van der Waals surface area contributed by atoms with Crippen molar-refractivity contribution in [2.45, 2.75) is 32.7 Å². The van der Waals surface area contributed by atoms with Crippen molar-refractivity contribution in [2.75, 3.05) is 31.6 Å². The van der Waals surface area contributed by atoms with Crippen LogP contribution in [0.15, 0.2) is 24.4 Å². The molecule has 1 fully saturated rings. The number of pyridine rings is 1. The zero-order valence-electron chi connectivity index (χ0n) is 14.6. The highest BCUT2D eigenvalue weighted by atomic mass is 16.4. The topological polar surface area (TPSA) is 56.7 Å². The van der Waals surface area contributed by atoms with Gasteiger partial charge in [0.05, 0.1) is 17.7 Å². The van der Waals surface area contributed by atoms with Gasteiger partial charge in [-0.25, -0.2) is 0 Å². The number of aromatic nitrogens is 1. The van der Waals surface area contributed by atoms with Crippen molar-refractivity contribution >= 4 is 22.6 Å². The molecule has 0 saturated carbocycles. The molecule has 0 unspecified atom stereocenters. The lowest BCUT2D eigenvalue weighted by Gasteiger charge is -2.38. The summed E-state index contributed by atoms with van der Waals surface area (Å²) in [5, 5.41) is 10.2. The van der Waals surface area contributed by atoms with Gasteiger partial charge in [0.15, 0.2) is 0 Å². The quantitative estimate of drug-likeness (QED) is 0.936. The minimum Gasteiger partial charge on any atom is -0.480 e. The van der Waals surface area contributed by atoms with Crippen LogP contribution >= 0.6 is 0 Å². The van der Waals surface area contributed by atoms with Crippen molar-refractivity contribution in [3.05, 3.63) is 35.5 Å². The number of rotatable bonds is 4. The van der Waals surface area contributed by atoms with Crippen LogP contribution in [0.1, 0.15) is 24.0 Å². The number of carboxylic acids is 1. The number of anilines is 1. The van der Waals surface area contributed by atoms with E-state index in [-0.39, 0.29) is 6.54 Å². The maximum atomic E-state index is 10.9. The summed E-state index contributed by atoms with van der Waals surface area (Å²) in [6, 6.07) is 6.69. The Morgan fingerprint density at radius 3 is 2.67 bits per heavy atom. The molecule has 1 aliphatic rings. The van der Waals surface area contributed by atoms with Crippen molar-refractivity contribution in [3.63, 3.8) is 0 Å². The normalized spacial score (nSPS) is 16.1. The molecule has 1 aromatic heterocycles. The highest BCUT2D eigenvalue weighted by molar-refractivity contribution is 5.95. The molecule has 2 heterocycles. The first-order valence-corrected chi connectivity index (χ1v) is 8.49. The summed E-state index contributed by atoms with van der Waals surface area (Å²) >= 11 is 0. The Bertz CT molecular complexity index is 752. The van der Waals surface area contributed by atoms with Crippen LogP contribution in [0, 0.1) is 13.8 Å². The second kappa shape index (κ2) is 6.77. The largest absolute Gasteiger partial charge is 0.480 e. The van der Waals surface area contributed by atoms with Gasteiger partial charge in [0.25, 0.3) is 0 Å². The van der Waals surface area contributed by atoms with Crippen LogP contribution in [0.5, 0.6) is 0 Å². The molecule has 1 saturated heterocycles. The fourth-order valence-corrected chi connectivity index (χ4v) is 3.75. The molecule has 1 aromatic carbocycles. The Morgan fingerprint density at radius 2 is 2.00 bits per heavy atom. The van der Waals surface area contributed by atoms with Gasteiger partial charge in [-0.05, 0) is 44.9 Å². The molecular weight excluding hydrogens is 302 g/mol. The highest BCUT2D eigenvalue weighted by Gasteiger charge is 2.25. The fraction of sp³-hybridized carbons (Fsp3) is 0.474. The zero-order chi connectivity index (χ0) is 17.3. The number of aliphatic carboxylic acids is 1. The lowest BCUT2D eigenvalue weighted by Crippen LogP contribution is -2.45. The first-order valence-electron chi connectivity index (χ1n) is 8.49. The van der Waals surface area contributed by atoms with Gasteiger partial charge < -0.3 is 10.0 Å². The Morgan fingerprint density at radius 1 is 1.29 bits per heavy atom. The van der Waals surface area contributed by atoms with Gasteiger partial charge in [0.2, 0.25) is 0 Å². The molecule has 0 radical (unpaired) electrons. The van der Waals surface area contributed by atoms with Crippen molar-refractivity contribution in [3.8, 4) is 0 Å². The fourth-order valence-electron chi connectivity index (χ4n) is 3.75. The number of benzene rings is 1. The first kappa shape index (κ1) is 16.7. The van der Waals surface area contributed by atoms with Gasteiger partial charge in [-0.3, -0.25) is 14.7 Å². The van der Waals surface area contributed by atoms with E-state index in [0.29, 0.717) is 6.04 Å². The molecule has 0 aliphatic carbocycles. The minimum absolute atomic E-state index is 0.112. The van der Waals surface area contributed by atoms with Crippen molar-refractivity contribution in [1.29, 1.82) is 0 Å². The van der Waals surface area contributed by atoms with E-state index in [1.807, 2.05) is 18.1 Å². The van der Waals surface area contributed by atoms with Gasteiger partial charge in [-0.15, -0.1) is 0 Å². The number of piperidine rings is 1. The molecular formula is C19H25N3O2. The predicted octanol–water partition coefficient (Wildman–Crippen LogP) is 2.84. The van der Waals surface area contributed by atoms with E-state index in [2.05, 4.69) is 41.9 Å². The molecule has 128 valence electrons. The lowest BCUT2D eigenvalue weighted by atomic mass is 10.00. The molecule has 1 N–H and O–H groups in total. The third-order valence-corrected chi connectivity index (χ3v) is 5.04. The zero-order valence-corrected chi connectivity index (χ0v) is 14.6. The Kier molecular flexibility index (Phi) is 4.71. The van der Waals surface area contributed by atoms with E-state index in [4.69, 9.17) is 5.11 Å². The van der Waals surface area contributed by atoms with Gasteiger partial charge in [0, 0.05) is 30.7 Å². The molecule has 0 amide bonds. The number of fused-ring (bicyclic) bond motifs is 1. The van der Waals surface area contributed by atoms with Crippen LogP contribution in [0.3, 0.4) is 0 Å². The number of para-hydroxylation sites is 1. The van der Waals surface area contributed by atoms with Crippen LogP contribution in [0.2, 0.25) is 0 Å². The lowest BCUT2D eigenvalue weighted by molar-refractivity contribution is -0.138. The molecule has 3 rings (SSSR count). The van der Waals surface area contributed by atoms with Gasteiger partial charge in [-0.2, -0.15) is 0 Å². The van der Waals surface area contributed by atoms with Crippen LogP contribution in [-0.2, 0) is 4.79 Å². The predicted molar refractivity (Wildman–Crippen MR) is 96.7 cm³/mol. The summed E-state index contributed by atoms with van der Waals surface area (Å²) in [4.78, 5) is 19.9. The van der Waals surface area contributed by atoms with Crippen LogP contribution in [-0.4, -0.2) is 53.7 Å². The summed E-state index contributed by atoms with van der Waals surface area (Å²) in [5.74, 6) is -0.758. The Balaban J connectivity index is 1.82. The summed E-state index contributed by atoms with van der Waals surface area (Å²) in [6.45, 7) is 6.22. The number of carboxylic acid groups (broad SMARTS) is 1. The molecule has 5 nitrogen and oxygen atoms in total. The minimum atomic E-state index is -0.758. The van der Waals surface area contributed by atoms with Crippen LogP contribution in [0.25, 0.3) is 10.9 Å². The molecule has 2 aromatic rings. The average molecular weight is 327 g/mol. The van der Waals surface area contributed by atoms with Crippen molar-refractivity contribution in [2.24, 2.45) is 0 Å². The third-order valence-electron chi connectivity index (χ3n) is 5.04. The second-order valence-electron chi connectivity index (χ2n) is 6.79.